The molecule has 1 heteroatoms. The van der Waals surface area contributed by atoms with Gasteiger partial charge in [0.05, 0.1) is 0 Å². The summed E-state index contributed by atoms with van der Waals surface area (Å²) in [6, 6.07) is 0. The standard InChI is InChI=1S/C13H20O/c1-4-5-7-11-8-6-9-12(14)13(11)10(2)3/h2,4-9H2,1,3H3. The zero-order chi connectivity index (χ0) is 10.6. The summed E-state index contributed by atoms with van der Waals surface area (Å²) in [5, 5.41) is 0. The van der Waals surface area contributed by atoms with Crippen LogP contribution < -0.4 is 0 Å². The molecule has 0 spiro atoms. The Morgan fingerprint density at radius 2 is 2.14 bits per heavy atom. The van der Waals surface area contributed by atoms with Crippen molar-refractivity contribution in [1.29, 1.82) is 0 Å². The predicted molar refractivity (Wildman–Crippen MR) is 60.2 cm³/mol. The fourth-order valence-electron chi connectivity index (χ4n) is 2.09. The van der Waals surface area contributed by atoms with Crippen LogP contribution in [0.3, 0.4) is 0 Å². The van der Waals surface area contributed by atoms with E-state index in [-0.39, 0.29) is 0 Å². The average Bonchev–Trinajstić information content (AvgIpc) is 2.14. The van der Waals surface area contributed by atoms with E-state index in [9.17, 15) is 4.79 Å². The van der Waals surface area contributed by atoms with E-state index < -0.39 is 0 Å². The molecule has 1 aliphatic rings. The number of unbranched alkanes of at least 4 members (excludes halogenated alkanes) is 1. The Bertz CT molecular complexity index is 271. The number of hydrogen-bond donors (Lipinski definition) is 0. The molecule has 78 valence electrons. The van der Waals surface area contributed by atoms with Crippen LogP contribution in [0, 0.1) is 0 Å². The van der Waals surface area contributed by atoms with Gasteiger partial charge in [0.25, 0.3) is 0 Å². The van der Waals surface area contributed by atoms with Crippen molar-refractivity contribution in [3.05, 3.63) is 23.3 Å². The van der Waals surface area contributed by atoms with Crippen LogP contribution in [-0.4, -0.2) is 5.78 Å². The molecule has 0 radical (unpaired) electrons. The summed E-state index contributed by atoms with van der Waals surface area (Å²) < 4.78 is 0. The van der Waals surface area contributed by atoms with Crippen molar-refractivity contribution in [2.24, 2.45) is 0 Å². The topological polar surface area (TPSA) is 17.1 Å². The van der Waals surface area contributed by atoms with E-state index in [0.29, 0.717) is 5.78 Å². The summed E-state index contributed by atoms with van der Waals surface area (Å²) in [5.74, 6) is 0.315. The first kappa shape index (κ1) is 11.2. The minimum Gasteiger partial charge on any atom is -0.294 e. The highest BCUT2D eigenvalue weighted by Gasteiger charge is 2.19. The van der Waals surface area contributed by atoms with E-state index in [1.54, 1.807) is 0 Å². The van der Waals surface area contributed by atoms with Crippen molar-refractivity contribution in [3.8, 4) is 0 Å². The van der Waals surface area contributed by atoms with Crippen LogP contribution in [0.15, 0.2) is 23.3 Å². The maximum atomic E-state index is 11.7. The number of hydrogen-bond acceptors (Lipinski definition) is 1. The third-order valence-electron chi connectivity index (χ3n) is 2.77. The second-order valence-corrected chi connectivity index (χ2v) is 4.14. The fraction of sp³-hybridized carbons (Fsp3) is 0.615. The fourth-order valence-corrected chi connectivity index (χ4v) is 2.09. The number of ketones is 1. The SMILES string of the molecule is C=C(C)C1=C(CCCC)CCCC1=O. The van der Waals surface area contributed by atoms with Crippen molar-refractivity contribution in [1.82, 2.24) is 0 Å². The van der Waals surface area contributed by atoms with E-state index in [4.69, 9.17) is 0 Å². The van der Waals surface area contributed by atoms with Gasteiger partial charge in [-0.15, -0.1) is 0 Å². The lowest BCUT2D eigenvalue weighted by Gasteiger charge is -2.19. The van der Waals surface area contributed by atoms with Crippen molar-refractivity contribution in [3.63, 3.8) is 0 Å². The van der Waals surface area contributed by atoms with Gasteiger partial charge < -0.3 is 0 Å². The molecule has 0 unspecified atom stereocenters. The van der Waals surface area contributed by atoms with Gasteiger partial charge >= 0.3 is 0 Å². The number of allylic oxidation sites excluding steroid dienone is 3. The molecular formula is C13H20O. The Hall–Kier alpha value is -0.850. The number of rotatable bonds is 4. The highest BCUT2D eigenvalue weighted by molar-refractivity contribution is 6.00. The zero-order valence-corrected chi connectivity index (χ0v) is 9.36. The number of carbonyl (C=O) groups is 1. The summed E-state index contributed by atoms with van der Waals surface area (Å²) in [6.07, 6.45) is 6.34. The Morgan fingerprint density at radius 1 is 1.43 bits per heavy atom. The lowest BCUT2D eigenvalue weighted by atomic mass is 9.85. The molecule has 0 aromatic heterocycles. The minimum absolute atomic E-state index is 0.315. The van der Waals surface area contributed by atoms with Crippen LogP contribution in [0.1, 0.15) is 52.4 Å². The van der Waals surface area contributed by atoms with E-state index >= 15 is 0 Å². The monoisotopic (exact) mass is 192 g/mol. The van der Waals surface area contributed by atoms with Gasteiger partial charge in [0.1, 0.15) is 0 Å². The smallest absolute Gasteiger partial charge is 0.163 e. The Morgan fingerprint density at radius 3 is 2.71 bits per heavy atom. The molecular weight excluding hydrogens is 172 g/mol. The van der Waals surface area contributed by atoms with Crippen LogP contribution in [0.2, 0.25) is 0 Å². The third-order valence-corrected chi connectivity index (χ3v) is 2.77. The normalized spacial score (nSPS) is 17.4. The maximum Gasteiger partial charge on any atom is 0.163 e. The molecule has 0 atom stereocenters. The van der Waals surface area contributed by atoms with E-state index in [0.717, 1.165) is 36.8 Å². The molecule has 0 saturated carbocycles. The summed E-state index contributed by atoms with van der Waals surface area (Å²) in [6.45, 7) is 8.04. The molecule has 14 heavy (non-hydrogen) atoms. The van der Waals surface area contributed by atoms with Crippen molar-refractivity contribution in [2.45, 2.75) is 52.4 Å². The van der Waals surface area contributed by atoms with Crippen LogP contribution in [0.4, 0.5) is 0 Å². The first-order valence-corrected chi connectivity index (χ1v) is 5.58. The average molecular weight is 192 g/mol. The Balaban J connectivity index is 2.85. The molecule has 0 aromatic carbocycles. The lowest BCUT2D eigenvalue weighted by molar-refractivity contribution is -0.115. The highest BCUT2D eigenvalue weighted by atomic mass is 16.1. The molecule has 1 aliphatic carbocycles. The Labute approximate surface area is 86.9 Å². The lowest BCUT2D eigenvalue weighted by Crippen LogP contribution is -2.12. The molecule has 0 aromatic rings. The summed E-state index contributed by atoms with van der Waals surface area (Å²) >= 11 is 0. The van der Waals surface area contributed by atoms with E-state index in [1.165, 1.54) is 18.4 Å². The van der Waals surface area contributed by atoms with Gasteiger partial charge in [-0.3, -0.25) is 4.79 Å². The van der Waals surface area contributed by atoms with Crippen LogP contribution >= 0.6 is 0 Å². The van der Waals surface area contributed by atoms with Crippen LogP contribution in [0.25, 0.3) is 0 Å². The van der Waals surface area contributed by atoms with E-state index in [2.05, 4.69) is 13.5 Å². The molecule has 1 nitrogen and oxygen atoms in total. The highest BCUT2D eigenvalue weighted by Crippen LogP contribution is 2.29. The van der Waals surface area contributed by atoms with Gasteiger partial charge in [0.15, 0.2) is 5.78 Å². The maximum absolute atomic E-state index is 11.7. The quantitative estimate of drug-likeness (QED) is 0.662. The summed E-state index contributed by atoms with van der Waals surface area (Å²) in [4.78, 5) is 11.7. The first-order chi connectivity index (χ1) is 6.66. The largest absolute Gasteiger partial charge is 0.294 e. The van der Waals surface area contributed by atoms with Gasteiger partial charge in [-0.2, -0.15) is 0 Å². The summed E-state index contributed by atoms with van der Waals surface area (Å²) in [7, 11) is 0. The van der Waals surface area contributed by atoms with Crippen molar-refractivity contribution >= 4 is 5.78 Å². The van der Waals surface area contributed by atoms with Crippen molar-refractivity contribution in [2.75, 3.05) is 0 Å². The van der Waals surface area contributed by atoms with Gasteiger partial charge in [0.2, 0.25) is 0 Å². The first-order valence-electron chi connectivity index (χ1n) is 5.58. The molecule has 0 bridgehead atoms. The second-order valence-electron chi connectivity index (χ2n) is 4.14. The van der Waals surface area contributed by atoms with Crippen LogP contribution in [0.5, 0.6) is 0 Å². The third kappa shape index (κ3) is 2.57. The van der Waals surface area contributed by atoms with Gasteiger partial charge in [-0.1, -0.05) is 25.5 Å². The zero-order valence-electron chi connectivity index (χ0n) is 9.36. The molecule has 0 fully saturated rings. The van der Waals surface area contributed by atoms with Gasteiger partial charge in [-0.25, -0.2) is 0 Å². The second kappa shape index (κ2) is 5.14. The van der Waals surface area contributed by atoms with Crippen molar-refractivity contribution < 1.29 is 4.79 Å². The molecule has 1 rings (SSSR count). The molecule has 0 N–H and O–H groups in total. The predicted octanol–water partition coefficient (Wildman–Crippen LogP) is 3.80. The molecule has 0 amide bonds. The number of carbonyl (C=O) groups excluding carboxylic acids is 1. The Kier molecular flexibility index (Phi) is 4.12. The minimum atomic E-state index is 0.315. The molecule has 0 aliphatic heterocycles. The van der Waals surface area contributed by atoms with E-state index in [1.807, 2.05) is 6.92 Å². The van der Waals surface area contributed by atoms with Gasteiger partial charge in [0, 0.05) is 12.0 Å². The molecule has 0 heterocycles. The molecule has 0 saturated heterocycles. The van der Waals surface area contributed by atoms with Crippen LogP contribution in [-0.2, 0) is 4.79 Å². The van der Waals surface area contributed by atoms with Gasteiger partial charge in [-0.05, 0) is 38.2 Å². The number of Topliss-reactive ketones (excluding diaryl/α,β-unsaturated/α-hetero) is 1. The summed E-state index contributed by atoms with van der Waals surface area (Å²) in [5.41, 5.74) is 3.28.